The number of allylic oxidation sites excluding steroid dienone is 1. The maximum absolute atomic E-state index is 13.8. The number of fused-ring (bicyclic) bond motifs is 4. The van der Waals surface area contributed by atoms with Crippen molar-refractivity contribution in [1.29, 1.82) is 0 Å². The molecule has 2 atom stereocenters. The number of Topliss-reactive ketones (excluding diaryl/α,β-unsaturated/α-hetero) is 2. The predicted molar refractivity (Wildman–Crippen MR) is 140 cm³/mol. The highest BCUT2D eigenvalue weighted by molar-refractivity contribution is 6.40. The summed E-state index contributed by atoms with van der Waals surface area (Å²) in [5, 5.41) is 3.49. The van der Waals surface area contributed by atoms with Crippen LogP contribution >= 0.6 is 0 Å². The third kappa shape index (κ3) is 3.80. The Bertz CT molecular complexity index is 1350. The first-order chi connectivity index (χ1) is 17.5. The first kappa shape index (κ1) is 22.9. The molecule has 6 rings (SSSR count). The smallest absolute Gasteiger partial charge is 0.196 e. The molecule has 184 valence electrons. The molecule has 0 bridgehead atoms. The second kappa shape index (κ2) is 9.17. The molecular weight excluding hydrogens is 450 g/mol. The number of rotatable bonds is 5. The van der Waals surface area contributed by atoms with Gasteiger partial charge >= 0.3 is 0 Å². The number of aliphatic imine (C=N–C) groups is 1. The van der Waals surface area contributed by atoms with Crippen LogP contribution in [-0.2, 0) is 0 Å². The van der Waals surface area contributed by atoms with E-state index in [4.69, 9.17) is 9.73 Å². The van der Waals surface area contributed by atoms with Gasteiger partial charge in [0.1, 0.15) is 11.4 Å². The first-order valence-electron chi connectivity index (χ1n) is 13.0. The van der Waals surface area contributed by atoms with Crippen LogP contribution in [0.25, 0.3) is 0 Å². The molecular formula is C30H31N3O3. The van der Waals surface area contributed by atoms with Gasteiger partial charge in [-0.1, -0.05) is 42.8 Å². The molecule has 0 radical (unpaired) electrons. The van der Waals surface area contributed by atoms with E-state index in [-0.39, 0.29) is 11.6 Å². The molecule has 6 heteroatoms. The van der Waals surface area contributed by atoms with Crippen molar-refractivity contribution >= 4 is 23.0 Å². The van der Waals surface area contributed by atoms with Gasteiger partial charge in [0.15, 0.2) is 17.7 Å². The van der Waals surface area contributed by atoms with Crippen LogP contribution in [0.5, 0.6) is 5.75 Å². The van der Waals surface area contributed by atoms with Crippen LogP contribution in [0.4, 0.5) is 5.69 Å². The van der Waals surface area contributed by atoms with Gasteiger partial charge in [0.05, 0.1) is 16.9 Å². The standard InChI is InChI=1S/C30H31N3O3/c1-18-9-7-13-23-27(18)32-28-24(36-23)17-22(31-14-8-16-33-15-6-5-10-19(33)2)25-26(28)30(35)21-12-4-3-11-20(21)29(25)34/h3-4,7,9,11-13,17,19,24,31H,5-6,8,10,14-16H2,1-2H3/t19-,24?/m0/s1. The van der Waals surface area contributed by atoms with Crippen molar-refractivity contribution in [3.63, 3.8) is 0 Å². The SMILES string of the molecule is Cc1cccc2c1N=C1C3=C(C(=O)c4ccccc4C3=O)C(NCCCN3CCCC[C@@H]3C)=CC1O2. The van der Waals surface area contributed by atoms with Gasteiger partial charge in [0, 0.05) is 36.0 Å². The van der Waals surface area contributed by atoms with Crippen LogP contribution in [0.2, 0.25) is 0 Å². The van der Waals surface area contributed by atoms with E-state index in [1.807, 2.05) is 31.2 Å². The Balaban J connectivity index is 1.34. The number of para-hydroxylation sites is 1. The summed E-state index contributed by atoms with van der Waals surface area (Å²) in [7, 11) is 0. The number of ether oxygens (including phenoxy) is 1. The van der Waals surface area contributed by atoms with E-state index in [1.54, 1.807) is 24.3 Å². The Kier molecular flexibility index (Phi) is 5.84. The number of ketones is 2. The number of hydrogen-bond donors (Lipinski definition) is 1. The van der Waals surface area contributed by atoms with Crippen molar-refractivity contribution in [3.8, 4) is 5.75 Å². The van der Waals surface area contributed by atoms with Crippen molar-refractivity contribution in [3.05, 3.63) is 82.1 Å². The Hall–Kier alpha value is -3.51. The molecule has 2 aliphatic carbocycles. The van der Waals surface area contributed by atoms with Crippen LogP contribution in [0, 0.1) is 6.92 Å². The molecule has 1 unspecified atom stereocenters. The zero-order valence-electron chi connectivity index (χ0n) is 20.8. The number of hydrogen-bond acceptors (Lipinski definition) is 6. The van der Waals surface area contributed by atoms with Gasteiger partial charge in [-0.05, 0) is 57.4 Å². The summed E-state index contributed by atoms with van der Waals surface area (Å²) in [5.74, 6) is 0.386. The fourth-order valence-electron chi connectivity index (χ4n) is 5.81. The molecule has 0 amide bonds. The van der Waals surface area contributed by atoms with Gasteiger partial charge < -0.3 is 15.0 Å². The Morgan fingerprint density at radius 2 is 1.81 bits per heavy atom. The van der Waals surface area contributed by atoms with E-state index in [1.165, 1.54) is 19.3 Å². The minimum atomic E-state index is -0.523. The molecule has 2 aromatic carbocycles. The maximum Gasteiger partial charge on any atom is 0.196 e. The molecule has 2 aliphatic heterocycles. The summed E-state index contributed by atoms with van der Waals surface area (Å²) in [5.41, 5.74) is 4.54. The molecule has 36 heavy (non-hydrogen) atoms. The Morgan fingerprint density at radius 1 is 1.03 bits per heavy atom. The number of carbonyl (C=O) groups is 2. The first-order valence-corrected chi connectivity index (χ1v) is 13.0. The average Bonchev–Trinajstić information content (AvgIpc) is 2.89. The molecule has 2 aromatic rings. The van der Waals surface area contributed by atoms with E-state index < -0.39 is 6.10 Å². The quantitative estimate of drug-likeness (QED) is 0.612. The van der Waals surface area contributed by atoms with Gasteiger partial charge in [-0.3, -0.25) is 9.59 Å². The number of carbonyl (C=O) groups excluding carboxylic acids is 2. The largest absolute Gasteiger partial charge is 0.478 e. The molecule has 4 aliphatic rings. The Labute approximate surface area is 211 Å². The highest BCUT2D eigenvalue weighted by atomic mass is 16.5. The molecule has 0 aromatic heterocycles. The molecule has 1 fully saturated rings. The van der Waals surface area contributed by atoms with E-state index in [0.717, 1.165) is 30.8 Å². The third-order valence-corrected chi connectivity index (χ3v) is 7.80. The third-order valence-electron chi connectivity index (χ3n) is 7.80. The lowest BCUT2D eigenvalue weighted by atomic mass is 9.76. The average molecular weight is 482 g/mol. The van der Waals surface area contributed by atoms with E-state index in [0.29, 0.717) is 52.0 Å². The van der Waals surface area contributed by atoms with Gasteiger partial charge in [-0.25, -0.2) is 4.99 Å². The summed E-state index contributed by atoms with van der Waals surface area (Å²) in [6.07, 6.45) is 6.18. The number of nitrogens with zero attached hydrogens (tertiary/aromatic N) is 2. The minimum Gasteiger partial charge on any atom is -0.478 e. The lowest BCUT2D eigenvalue weighted by Crippen LogP contribution is -2.42. The Morgan fingerprint density at radius 3 is 2.58 bits per heavy atom. The van der Waals surface area contributed by atoms with Crippen molar-refractivity contribution in [2.75, 3.05) is 19.6 Å². The zero-order chi connectivity index (χ0) is 24.8. The number of likely N-dealkylation sites (tertiary alicyclic amines) is 1. The fraction of sp³-hybridized carbons (Fsp3) is 0.367. The summed E-state index contributed by atoms with van der Waals surface area (Å²) in [4.78, 5) is 34.9. The van der Waals surface area contributed by atoms with Crippen molar-refractivity contribution in [2.45, 2.75) is 51.7 Å². The monoisotopic (exact) mass is 481 g/mol. The summed E-state index contributed by atoms with van der Waals surface area (Å²) < 4.78 is 6.33. The van der Waals surface area contributed by atoms with Crippen LogP contribution in [-0.4, -0.2) is 54.0 Å². The van der Waals surface area contributed by atoms with E-state index >= 15 is 0 Å². The second-order valence-corrected chi connectivity index (χ2v) is 10.2. The minimum absolute atomic E-state index is 0.139. The number of piperidine rings is 1. The normalized spacial score (nSPS) is 23.1. The van der Waals surface area contributed by atoms with E-state index in [9.17, 15) is 9.59 Å². The van der Waals surface area contributed by atoms with Crippen molar-refractivity contribution in [1.82, 2.24) is 10.2 Å². The second-order valence-electron chi connectivity index (χ2n) is 10.2. The molecule has 2 heterocycles. The number of benzene rings is 2. The maximum atomic E-state index is 13.8. The van der Waals surface area contributed by atoms with E-state index in [2.05, 4.69) is 17.1 Å². The van der Waals surface area contributed by atoms with Gasteiger partial charge in [-0.15, -0.1) is 0 Å². The molecule has 6 nitrogen and oxygen atoms in total. The van der Waals surface area contributed by atoms with Crippen LogP contribution in [0.15, 0.2) is 70.4 Å². The predicted octanol–water partition coefficient (Wildman–Crippen LogP) is 4.96. The fourth-order valence-corrected chi connectivity index (χ4v) is 5.81. The lowest BCUT2D eigenvalue weighted by molar-refractivity contribution is 0.0978. The summed E-state index contributed by atoms with van der Waals surface area (Å²) >= 11 is 0. The highest BCUT2D eigenvalue weighted by Crippen LogP contribution is 2.42. The highest BCUT2D eigenvalue weighted by Gasteiger charge is 2.43. The molecule has 1 saturated heterocycles. The van der Waals surface area contributed by atoms with Gasteiger partial charge in [-0.2, -0.15) is 0 Å². The van der Waals surface area contributed by atoms with Gasteiger partial charge in [0.2, 0.25) is 0 Å². The number of aryl methyl sites for hydroxylation is 1. The summed E-state index contributed by atoms with van der Waals surface area (Å²) in [6, 6.07) is 13.5. The number of nitrogens with one attached hydrogen (secondary N) is 1. The lowest BCUT2D eigenvalue weighted by Gasteiger charge is -2.34. The summed E-state index contributed by atoms with van der Waals surface area (Å²) in [6.45, 7) is 7.15. The van der Waals surface area contributed by atoms with Gasteiger partial charge in [0.25, 0.3) is 0 Å². The molecule has 1 N–H and O–H groups in total. The van der Waals surface area contributed by atoms with Crippen LogP contribution < -0.4 is 10.1 Å². The van der Waals surface area contributed by atoms with Crippen LogP contribution in [0.3, 0.4) is 0 Å². The zero-order valence-corrected chi connectivity index (χ0v) is 20.8. The topological polar surface area (TPSA) is 71.0 Å². The molecule has 0 saturated carbocycles. The molecule has 0 spiro atoms. The van der Waals surface area contributed by atoms with Crippen LogP contribution in [0.1, 0.15) is 58.9 Å². The van der Waals surface area contributed by atoms with Crippen molar-refractivity contribution < 1.29 is 14.3 Å². The van der Waals surface area contributed by atoms with Crippen molar-refractivity contribution in [2.24, 2.45) is 4.99 Å².